The standard InChI is InChI=1S/C18H25N3O/c1-3-20-10-7-11-21(13-12-20)14-17-15(2)22-18(19-17)16-8-5-4-6-9-16/h4-6,8-9H,3,7,10-14H2,1-2H3. The molecule has 0 saturated carbocycles. The lowest BCUT2D eigenvalue weighted by Crippen LogP contribution is -2.30. The Bertz CT molecular complexity index is 594. The summed E-state index contributed by atoms with van der Waals surface area (Å²) in [7, 11) is 0. The quantitative estimate of drug-likeness (QED) is 0.868. The number of nitrogens with zero attached hydrogens (tertiary/aromatic N) is 3. The van der Waals surface area contributed by atoms with Crippen LogP contribution in [0.1, 0.15) is 24.8 Å². The average molecular weight is 299 g/mol. The van der Waals surface area contributed by atoms with Crippen LogP contribution in [0.2, 0.25) is 0 Å². The molecule has 0 aliphatic carbocycles. The molecule has 1 aliphatic heterocycles. The Labute approximate surface area is 132 Å². The Balaban J connectivity index is 1.69. The predicted molar refractivity (Wildman–Crippen MR) is 88.7 cm³/mol. The van der Waals surface area contributed by atoms with Gasteiger partial charge in [-0.25, -0.2) is 4.98 Å². The highest BCUT2D eigenvalue weighted by Crippen LogP contribution is 2.22. The molecule has 22 heavy (non-hydrogen) atoms. The molecule has 0 bridgehead atoms. The van der Waals surface area contributed by atoms with E-state index in [0.717, 1.165) is 55.6 Å². The number of aryl methyl sites for hydroxylation is 1. The minimum atomic E-state index is 0.734. The van der Waals surface area contributed by atoms with Crippen molar-refractivity contribution in [3.8, 4) is 11.5 Å². The highest BCUT2D eigenvalue weighted by Gasteiger charge is 2.17. The number of hydrogen-bond acceptors (Lipinski definition) is 4. The van der Waals surface area contributed by atoms with Gasteiger partial charge in [0.05, 0.1) is 5.69 Å². The van der Waals surface area contributed by atoms with Gasteiger partial charge in [-0.1, -0.05) is 25.1 Å². The summed E-state index contributed by atoms with van der Waals surface area (Å²) in [5, 5.41) is 0. The number of likely N-dealkylation sites (N-methyl/N-ethyl adjacent to an activating group) is 1. The van der Waals surface area contributed by atoms with E-state index in [2.05, 4.69) is 16.7 Å². The van der Waals surface area contributed by atoms with Gasteiger partial charge >= 0.3 is 0 Å². The molecule has 1 fully saturated rings. The van der Waals surface area contributed by atoms with Gasteiger partial charge in [0.25, 0.3) is 0 Å². The molecular formula is C18H25N3O. The maximum Gasteiger partial charge on any atom is 0.226 e. The molecule has 1 aliphatic rings. The molecule has 2 heterocycles. The lowest BCUT2D eigenvalue weighted by atomic mass is 10.2. The van der Waals surface area contributed by atoms with Gasteiger partial charge in [0, 0.05) is 25.2 Å². The molecule has 0 atom stereocenters. The predicted octanol–water partition coefficient (Wildman–Crippen LogP) is 3.18. The maximum atomic E-state index is 5.87. The van der Waals surface area contributed by atoms with E-state index < -0.39 is 0 Å². The summed E-state index contributed by atoms with van der Waals surface area (Å²) < 4.78 is 5.87. The third-order valence-corrected chi connectivity index (χ3v) is 4.42. The summed E-state index contributed by atoms with van der Waals surface area (Å²) >= 11 is 0. The minimum Gasteiger partial charge on any atom is -0.441 e. The fourth-order valence-electron chi connectivity index (χ4n) is 2.99. The molecule has 3 rings (SSSR count). The third-order valence-electron chi connectivity index (χ3n) is 4.42. The molecule has 2 aromatic rings. The topological polar surface area (TPSA) is 32.5 Å². The molecule has 1 aromatic heterocycles. The number of benzene rings is 1. The number of oxazole rings is 1. The SMILES string of the molecule is CCN1CCCN(Cc2nc(-c3ccccc3)oc2C)CC1. The van der Waals surface area contributed by atoms with E-state index in [4.69, 9.17) is 9.40 Å². The molecule has 1 aromatic carbocycles. The van der Waals surface area contributed by atoms with Crippen LogP contribution in [0.3, 0.4) is 0 Å². The molecule has 0 spiro atoms. The molecule has 0 radical (unpaired) electrons. The molecule has 0 N–H and O–H groups in total. The van der Waals surface area contributed by atoms with Crippen LogP contribution in [-0.2, 0) is 6.54 Å². The Morgan fingerprint density at radius 1 is 1.05 bits per heavy atom. The molecule has 4 nitrogen and oxygen atoms in total. The van der Waals surface area contributed by atoms with E-state index in [0.29, 0.717) is 0 Å². The third kappa shape index (κ3) is 3.57. The summed E-state index contributed by atoms with van der Waals surface area (Å²) in [6, 6.07) is 10.1. The van der Waals surface area contributed by atoms with Gasteiger partial charge in [-0.15, -0.1) is 0 Å². The van der Waals surface area contributed by atoms with Crippen LogP contribution >= 0.6 is 0 Å². The molecule has 1 saturated heterocycles. The van der Waals surface area contributed by atoms with Crippen LogP contribution in [0.25, 0.3) is 11.5 Å². The summed E-state index contributed by atoms with van der Waals surface area (Å²) in [6.07, 6.45) is 1.23. The first-order valence-electron chi connectivity index (χ1n) is 8.22. The van der Waals surface area contributed by atoms with E-state index in [1.165, 1.54) is 13.0 Å². The van der Waals surface area contributed by atoms with Crippen LogP contribution in [-0.4, -0.2) is 47.5 Å². The second-order valence-corrected chi connectivity index (χ2v) is 5.95. The van der Waals surface area contributed by atoms with E-state index in [9.17, 15) is 0 Å². The first-order chi connectivity index (χ1) is 10.8. The Hall–Kier alpha value is -1.65. The largest absolute Gasteiger partial charge is 0.441 e. The van der Waals surface area contributed by atoms with E-state index in [1.807, 2.05) is 37.3 Å². The van der Waals surface area contributed by atoms with Crippen LogP contribution in [0.4, 0.5) is 0 Å². The Morgan fingerprint density at radius 2 is 1.77 bits per heavy atom. The lowest BCUT2D eigenvalue weighted by Gasteiger charge is -2.19. The zero-order valence-corrected chi connectivity index (χ0v) is 13.6. The Kier molecular flexibility index (Phi) is 4.90. The van der Waals surface area contributed by atoms with E-state index in [-0.39, 0.29) is 0 Å². The van der Waals surface area contributed by atoms with Crippen molar-refractivity contribution >= 4 is 0 Å². The molecule has 4 heteroatoms. The van der Waals surface area contributed by atoms with Crippen LogP contribution in [0, 0.1) is 6.92 Å². The number of aromatic nitrogens is 1. The van der Waals surface area contributed by atoms with Gasteiger partial charge in [-0.05, 0) is 45.1 Å². The summed E-state index contributed by atoms with van der Waals surface area (Å²) in [5.74, 6) is 1.67. The molecular weight excluding hydrogens is 274 g/mol. The van der Waals surface area contributed by atoms with Crippen molar-refractivity contribution in [1.82, 2.24) is 14.8 Å². The van der Waals surface area contributed by atoms with Crippen molar-refractivity contribution in [2.45, 2.75) is 26.8 Å². The molecule has 118 valence electrons. The highest BCUT2D eigenvalue weighted by atomic mass is 16.4. The minimum absolute atomic E-state index is 0.734. The van der Waals surface area contributed by atoms with Crippen molar-refractivity contribution in [1.29, 1.82) is 0 Å². The molecule has 0 amide bonds. The van der Waals surface area contributed by atoms with Crippen LogP contribution in [0.15, 0.2) is 34.7 Å². The van der Waals surface area contributed by atoms with Crippen molar-refractivity contribution in [3.05, 3.63) is 41.8 Å². The maximum absolute atomic E-state index is 5.87. The smallest absolute Gasteiger partial charge is 0.226 e. The first kappa shape index (κ1) is 15.3. The van der Waals surface area contributed by atoms with Crippen molar-refractivity contribution < 1.29 is 4.42 Å². The number of hydrogen-bond donors (Lipinski definition) is 0. The monoisotopic (exact) mass is 299 g/mol. The fourth-order valence-corrected chi connectivity index (χ4v) is 2.99. The van der Waals surface area contributed by atoms with Gasteiger partial charge in [0.2, 0.25) is 5.89 Å². The van der Waals surface area contributed by atoms with Gasteiger partial charge in [0.15, 0.2) is 0 Å². The van der Waals surface area contributed by atoms with Gasteiger partial charge in [-0.3, -0.25) is 4.90 Å². The normalized spacial score (nSPS) is 17.5. The highest BCUT2D eigenvalue weighted by molar-refractivity contribution is 5.53. The summed E-state index contributed by atoms with van der Waals surface area (Å²) in [4.78, 5) is 9.74. The second-order valence-electron chi connectivity index (χ2n) is 5.95. The Morgan fingerprint density at radius 3 is 2.55 bits per heavy atom. The van der Waals surface area contributed by atoms with Crippen molar-refractivity contribution in [2.75, 3.05) is 32.7 Å². The fraction of sp³-hybridized carbons (Fsp3) is 0.500. The molecule has 0 unspecified atom stereocenters. The van der Waals surface area contributed by atoms with Crippen molar-refractivity contribution in [2.24, 2.45) is 0 Å². The van der Waals surface area contributed by atoms with E-state index in [1.54, 1.807) is 0 Å². The first-order valence-corrected chi connectivity index (χ1v) is 8.22. The average Bonchev–Trinajstić information content (AvgIpc) is 2.77. The van der Waals surface area contributed by atoms with Crippen LogP contribution in [0.5, 0.6) is 0 Å². The van der Waals surface area contributed by atoms with Crippen molar-refractivity contribution in [3.63, 3.8) is 0 Å². The zero-order valence-electron chi connectivity index (χ0n) is 13.6. The van der Waals surface area contributed by atoms with Gasteiger partial charge in [0.1, 0.15) is 5.76 Å². The lowest BCUT2D eigenvalue weighted by molar-refractivity contribution is 0.254. The summed E-state index contributed by atoms with van der Waals surface area (Å²) in [6.45, 7) is 10.9. The van der Waals surface area contributed by atoms with Crippen LogP contribution < -0.4 is 0 Å². The second kappa shape index (κ2) is 7.07. The van der Waals surface area contributed by atoms with E-state index >= 15 is 0 Å². The van der Waals surface area contributed by atoms with Gasteiger partial charge < -0.3 is 9.32 Å². The summed E-state index contributed by atoms with van der Waals surface area (Å²) in [5.41, 5.74) is 2.12. The van der Waals surface area contributed by atoms with Gasteiger partial charge in [-0.2, -0.15) is 0 Å². The zero-order chi connectivity index (χ0) is 15.4. The number of rotatable bonds is 4.